The summed E-state index contributed by atoms with van der Waals surface area (Å²) < 4.78 is 5.25. The van der Waals surface area contributed by atoms with Crippen LogP contribution in [0, 0.1) is 11.8 Å². The molecule has 0 saturated heterocycles. The molecule has 2 aliphatic rings. The zero-order chi connectivity index (χ0) is 11.0. The molecule has 2 aliphatic carbocycles. The number of fused-ring (bicyclic) bond motifs is 1. The van der Waals surface area contributed by atoms with E-state index in [1.54, 1.807) is 0 Å². The SMILES string of the molecule is C=C1CC(OC(C)=O)C(=C)C2CC=CC12. The summed E-state index contributed by atoms with van der Waals surface area (Å²) in [5.74, 6) is 0.582. The van der Waals surface area contributed by atoms with Crippen molar-refractivity contribution < 1.29 is 9.53 Å². The van der Waals surface area contributed by atoms with Gasteiger partial charge in [-0.05, 0) is 17.9 Å². The fraction of sp³-hybridized carbons (Fsp3) is 0.462. The minimum Gasteiger partial charge on any atom is -0.458 e. The Morgan fingerprint density at radius 2 is 2.27 bits per heavy atom. The molecule has 0 N–H and O–H groups in total. The predicted molar refractivity (Wildman–Crippen MR) is 59.2 cm³/mol. The highest BCUT2D eigenvalue weighted by Gasteiger charge is 2.37. The van der Waals surface area contributed by atoms with Gasteiger partial charge in [-0.25, -0.2) is 0 Å². The maximum atomic E-state index is 10.9. The minimum atomic E-state index is -0.238. The molecule has 2 heteroatoms. The van der Waals surface area contributed by atoms with Crippen molar-refractivity contribution in [3.8, 4) is 0 Å². The van der Waals surface area contributed by atoms with Crippen LogP contribution in [-0.4, -0.2) is 12.1 Å². The van der Waals surface area contributed by atoms with Gasteiger partial charge < -0.3 is 4.74 Å². The van der Waals surface area contributed by atoms with Gasteiger partial charge in [0, 0.05) is 19.3 Å². The number of ether oxygens (including phenoxy) is 1. The zero-order valence-corrected chi connectivity index (χ0v) is 9.03. The number of hydrogen-bond acceptors (Lipinski definition) is 2. The first-order chi connectivity index (χ1) is 7.09. The fourth-order valence-corrected chi connectivity index (χ4v) is 2.52. The summed E-state index contributed by atoms with van der Waals surface area (Å²) >= 11 is 0. The van der Waals surface area contributed by atoms with Crippen molar-refractivity contribution in [1.82, 2.24) is 0 Å². The Morgan fingerprint density at radius 3 is 2.93 bits per heavy atom. The van der Waals surface area contributed by atoms with Crippen LogP contribution in [0.4, 0.5) is 0 Å². The fourth-order valence-electron chi connectivity index (χ4n) is 2.52. The summed E-state index contributed by atoms with van der Waals surface area (Å²) in [7, 11) is 0. The summed E-state index contributed by atoms with van der Waals surface area (Å²) in [5, 5.41) is 0. The Labute approximate surface area is 90.3 Å². The molecule has 3 unspecified atom stereocenters. The van der Waals surface area contributed by atoms with Gasteiger partial charge in [0.2, 0.25) is 0 Å². The maximum Gasteiger partial charge on any atom is 0.303 e. The molecule has 0 aliphatic heterocycles. The third-order valence-electron chi connectivity index (χ3n) is 3.28. The standard InChI is InChI=1S/C13H16O2/c1-8-7-13(15-10(3)14)9(2)12-6-4-5-11(8)12/h4-5,11-13H,1-2,6-7H2,3H3. The van der Waals surface area contributed by atoms with E-state index in [1.807, 2.05) is 0 Å². The molecule has 2 rings (SSSR count). The molecule has 80 valence electrons. The second-order valence-corrected chi connectivity index (χ2v) is 4.33. The molecule has 15 heavy (non-hydrogen) atoms. The molecular formula is C13H16O2. The highest BCUT2D eigenvalue weighted by Crippen LogP contribution is 2.44. The summed E-state index contributed by atoms with van der Waals surface area (Å²) in [6.45, 7) is 9.57. The molecule has 0 amide bonds. The molecule has 0 spiro atoms. The van der Waals surface area contributed by atoms with Crippen LogP contribution in [0.3, 0.4) is 0 Å². The van der Waals surface area contributed by atoms with Gasteiger partial charge in [-0.2, -0.15) is 0 Å². The van der Waals surface area contributed by atoms with Crippen molar-refractivity contribution in [1.29, 1.82) is 0 Å². The van der Waals surface area contributed by atoms with E-state index in [4.69, 9.17) is 4.74 Å². The predicted octanol–water partition coefficient (Wildman–Crippen LogP) is 2.63. The van der Waals surface area contributed by atoms with Gasteiger partial charge >= 0.3 is 5.97 Å². The average molecular weight is 204 g/mol. The lowest BCUT2D eigenvalue weighted by atomic mass is 9.74. The topological polar surface area (TPSA) is 26.3 Å². The summed E-state index contributed by atoms with van der Waals surface area (Å²) in [5.41, 5.74) is 2.21. The van der Waals surface area contributed by atoms with Crippen LogP contribution in [0.1, 0.15) is 19.8 Å². The smallest absolute Gasteiger partial charge is 0.303 e. The van der Waals surface area contributed by atoms with Gasteiger partial charge in [0.1, 0.15) is 6.10 Å². The van der Waals surface area contributed by atoms with Gasteiger partial charge in [0.15, 0.2) is 0 Å². The van der Waals surface area contributed by atoms with Crippen molar-refractivity contribution in [2.75, 3.05) is 0 Å². The van der Waals surface area contributed by atoms with E-state index in [1.165, 1.54) is 6.92 Å². The Kier molecular flexibility index (Phi) is 2.51. The van der Waals surface area contributed by atoms with E-state index in [9.17, 15) is 4.79 Å². The summed E-state index contributed by atoms with van der Waals surface area (Å²) in [6.07, 6.45) is 5.94. The summed E-state index contributed by atoms with van der Waals surface area (Å²) in [6, 6.07) is 0. The van der Waals surface area contributed by atoms with Crippen molar-refractivity contribution in [3.05, 3.63) is 36.5 Å². The normalized spacial score (nSPS) is 34.1. The first-order valence-corrected chi connectivity index (χ1v) is 5.30. The number of hydrogen-bond donors (Lipinski definition) is 0. The third-order valence-corrected chi connectivity index (χ3v) is 3.28. The molecule has 0 radical (unpaired) electrons. The molecule has 0 heterocycles. The molecular weight excluding hydrogens is 188 g/mol. The monoisotopic (exact) mass is 204 g/mol. The van der Waals surface area contributed by atoms with E-state index in [-0.39, 0.29) is 12.1 Å². The largest absolute Gasteiger partial charge is 0.458 e. The van der Waals surface area contributed by atoms with E-state index in [0.29, 0.717) is 11.8 Å². The van der Waals surface area contributed by atoms with Crippen molar-refractivity contribution >= 4 is 5.97 Å². The number of rotatable bonds is 1. The number of carbonyl (C=O) groups is 1. The van der Waals surface area contributed by atoms with E-state index >= 15 is 0 Å². The molecule has 0 bridgehead atoms. The zero-order valence-electron chi connectivity index (χ0n) is 9.03. The second-order valence-electron chi connectivity index (χ2n) is 4.33. The molecule has 0 aromatic rings. The van der Waals surface area contributed by atoms with Gasteiger partial charge in [-0.3, -0.25) is 4.79 Å². The molecule has 0 aromatic carbocycles. The van der Waals surface area contributed by atoms with Gasteiger partial charge in [-0.1, -0.05) is 30.9 Å². The number of carbonyl (C=O) groups excluding carboxylic acids is 1. The van der Waals surface area contributed by atoms with Crippen LogP contribution in [0.15, 0.2) is 36.5 Å². The average Bonchev–Trinajstić information content (AvgIpc) is 2.61. The van der Waals surface area contributed by atoms with Crippen LogP contribution in [-0.2, 0) is 9.53 Å². The Balaban J connectivity index is 2.15. The quantitative estimate of drug-likeness (QED) is 0.485. The van der Waals surface area contributed by atoms with Crippen LogP contribution in [0.2, 0.25) is 0 Å². The van der Waals surface area contributed by atoms with Crippen LogP contribution >= 0.6 is 0 Å². The molecule has 1 saturated carbocycles. The maximum absolute atomic E-state index is 10.9. The first kappa shape index (κ1) is 10.2. The molecule has 0 aromatic heterocycles. The van der Waals surface area contributed by atoms with E-state index in [0.717, 1.165) is 24.0 Å². The van der Waals surface area contributed by atoms with Gasteiger partial charge in [0.25, 0.3) is 0 Å². The van der Waals surface area contributed by atoms with Crippen molar-refractivity contribution in [2.24, 2.45) is 11.8 Å². The molecule has 2 nitrogen and oxygen atoms in total. The van der Waals surface area contributed by atoms with Gasteiger partial charge in [0.05, 0.1) is 0 Å². The van der Waals surface area contributed by atoms with Crippen LogP contribution in [0.25, 0.3) is 0 Å². The van der Waals surface area contributed by atoms with Crippen LogP contribution < -0.4 is 0 Å². The highest BCUT2D eigenvalue weighted by molar-refractivity contribution is 5.66. The Bertz CT molecular complexity index is 352. The Morgan fingerprint density at radius 1 is 1.53 bits per heavy atom. The second kappa shape index (κ2) is 3.69. The lowest BCUT2D eigenvalue weighted by Gasteiger charge is -2.35. The Hall–Kier alpha value is -1.31. The first-order valence-electron chi connectivity index (χ1n) is 5.30. The van der Waals surface area contributed by atoms with Gasteiger partial charge in [-0.15, -0.1) is 0 Å². The van der Waals surface area contributed by atoms with E-state index in [2.05, 4.69) is 25.3 Å². The van der Waals surface area contributed by atoms with Crippen molar-refractivity contribution in [3.63, 3.8) is 0 Å². The minimum absolute atomic E-state index is 0.156. The lowest BCUT2D eigenvalue weighted by Crippen LogP contribution is -2.32. The third kappa shape index (κ3) is 1.76. The number of esters is 1. The summed E-state index contributed by atoms with van der Waals surface area (Å²) in [4.78, 5) is 10.9. The van der Waals surface area contributed by atoms with Crippen molar-refractivity contribution in [2.45, 2.75) is 25.9 Å². The molecule has 1 fully saturated rings. The molecule has 3 atom stereocenters. The number of allylic oxidation sites excluding steroid dienone is 2. The lowest BCUT2D eigenvalue weighted by molar-refractivity contribution is -0.145. The van der Waals surface area contributed by atoms with E-state index < -0.39 is 0 Å². The van der Waals surface area contributed by atoms with Crippen LogP contribution in [0.5, 0.6) is 0 Å². The highest BCUT2D eigenvalue weighted by atomic mass is 16.5.